The summed E-state index contributed by atoms with van der Waals surface area (Å²) in [5.74, 6) is 0.0273. The lowest BCUT2D eigenvalue weighted by Gasteiger charge is -2.29. The molecule has 1 saturated heterocycles. The van der Waals surface area contributed by atoms with Crippen molar-refractivity contribution >= 4 is 34.8 Å². The summed E-state index contributed by atoms with van der Waals surface area (Å²) in [6.45, 7) is 3.79. The van der Waals surface area contributed by atoms with E-state index in [1.807, 2.05) is 11.9 Å². The molecule has 0 saturated carbocycles. The van der Waals surface area contributed by atoms with Gasteiger partial charge in [0.1, 0.15) is 5.75 Å². The normalized spacial score (nSPS) is 18.0. The standard InChI is InChI=1S/C24H29Cl2N3O5/c1-13-10-18(33-3)16(23(31)27-13)12-29-7-6-28(2)21-17(25)11-15(20(26)19(21)24(29)32)22(30)14-4-8-34-9-5-14/h10-11,14,22,30H,4-9,12H2,1-3H3,(H,27,31). The summed E-state index contributed by atoms with van der Waals surface area (Å²) in [5.41, 5.74) is 1.90. The molecule has 184 valence electrons. The molecule has 0 spiro atoms. The summed E-state index contributed by atoms with van der Waals surface area (Å²) in [5, 5.41) is 11.6. The van der Waals surface area contributed by atoms with E-state index in [4.69, 9.17) is 32.7 Å². The number of aliphatic hydroxyl groups is 1. The number of aromatic amines is 1. The number of benzene rings is 1. The number of likely N-dealkylation sites (N-methyl/N-ethyl adjacent to an activating group) is 1. The van der Waals surface area contributed by atoms with Crippen molar-refractivity contribution in [2.75, 3.05) is 45.4 Å². The van der Waals surface area contributed by atoms with Gasteiger partial charge < -0.3 is 29.4 Å². The van der Waals surface area contributed by atoms with Gasteiger partial charge in [-0.1, -0.05) is 23.2 Å². The number of amides is 1. The van der Waals surface area contributed by atoms with Crippen LogP contribution >= 0.6 is 23.2 Å². The van der Waals surface area contributed by atoms with Crippen LogP contribution in [0.25, 0.3) is 0 Å². The van der Waals surface area contributed by atoms with E-state index in [1.54, 1.807) is 24.0 Å². The molecular formula is C24H29Cl2N3O5. The number of hydrogen-bond acceptors (Lipinski definition) is 6. The second-order valence-electron chi connectivity index (χ2n) is 8.86. The molecule has 34 heavy (non-hydrogen) atoms. The highest BCUT2D eigenvalue weighted by Gasteiger charge is 2.34. The number of pyridine rings is 1. The minimum absolute atomic E-state index is 0.0366. The number of ether oxygens (including phenoxy) is 2. The predicted molar refractivity (Wildman–Crippen MR) is 131 cm³/mol. The van der Waals surface area contributed by atoms with Crippen LogP contribution in [0.3, 0.4) is 0 Å². The average Bonchev–Trinajstić information content (AvgIpc) is 2.94. The van der Waals surface area contributed by atoms with Crippen molar-refractivity contribution in [3.8, 4) is 5.75 Å². The van der Waals surface area contributed by atoms with E-state index >= 15 is 0 Å². The number of H-pyrrole nitrogens is 1. The van der Waals surface area contributed by atoms with Crippen LogP contribution < -0.4 is 15.2 Å². The largest absolute Gasteiger partial charge is 0.496 e. The minimum Gasteiger partial charge on any atom is -0.496 e. The SMILES string of the molecule is COc1cc(C)[nH]c(=O)c1CN1CCN(C)c2c(Cl)cc(C(O)C3CCOCC3)c(Cl)c2C1=O. The number of rotatable bonds is 5. The minimum atomic E-state index is -0.867. The summed E-state index contributed by atoms with van der Waals surface area (Å²) in [6.07, 6.45) is 0.527. The molecule has 10 heteroatoms. The summed E-state index contributed by atoms with van der Waals surface area (Å²) in [4.78, 5) is 32.7. The lowest BCUT2D eigenvalue weighted by Crippen LogP contribution is -2.35. The number of fused-ring (bicyclic) bond motifs is 1. The maximum atomic E-state index is 13.8. The van der Waals surface area contributed by atoms with Gasteiger partial charge in [0.2, 0.25) is 0 Å². The number of methoxy groups -OCH3 is 1. The number of aromatic nitrogens is 1. The highest BCUT2D eigenvalue weighted by atomic mass is 35.5. The van der Waals surface area contributed by atoms with Gasteiger partial charge in [-0.2, -0.15) is 0 Å². The Hall–Kier alpha value is -2.26. The van der Waals surface area contributed by atoms with E-state index in [1.165, 1.54) is 7.11 Å². The Bertz CT molecular complexity index is 1150. The molecule has 0 radical (unpaired) electrons. The highest BCUT2D eigenvalue weighted by molar-refractivity contribution is 6.39. The molecule has 0 bridgehead atoms. The molecule has 1 fully saturated rings. The third-order valence-corrected chi connectivity index (χ3v) is 7.33. The summed E-state index contributed by atoms with van der Waals surface area (Å²) in [6, 6.07) is 3.39. The lowest BCUT2D eigenvalue weighted by atomic mass is 9.88. The number of nitrogens with one attached hydrogen (secondary N) is 1. The highest BCUT2D eigenvalue weighted by Crippen LogP contribution is 2.43. The summed E-state index contributed by atoms with van der Waals surface area (Å²) >= 11 is 13.5. The Labute approximate surface area is 208 Å². The van der Waals surface area contributed by atoms with Crippen molar-refractivity contribution < 1.29 is 19.4 Å². The van der Waals surface area contributed by atoms with Crippen molar-refractivity contribution in [2.24, 2.45) is 5.92 Å². The number of aliphatic hydroxyl groups excluding tert-OH is 1. The van der Waals surface area contributed by atoms with Crippen molar-refractivity contribution in [2.45, 2.75) is 32.4 Å². The molecular weight excluding hydrogens is 481 g/mol. The van der Waals surface area contributed by atoms with Gasteiger partial charge in [-0.15, -0.1) is 0 Å². The first-order valence-corrected chi connectivity index (χ1v) is 12.0. The first-order chi connectivity index (χ1) is 16.2. The zero-order valence-electron chi connectivity index (χ0n) is 19.5. The zero-order valence-corrected chi connectivity index (χ0v) is 21.0. The second kappa shape index (κ2) is 10.2. The molecule has 1 atom stereocenters. The topological polar surface area (TPSA) is 95.1 Å². The molecule has 0 aliphatic carbocycles. The monoisotopic (exact) mass is 509 g/mol. The quantitative estimate of drug-likeness (QED) is 0.639. The van der Waals surface area contributed by atoms with Gasteiger partial charge in [0.15, 0.2) is 0 Å². The molecule has 3 heterocycles. The predicted octanol–water partition coefficient (Wildman–Crippen LogP) is 3.55. The third kappa shape index (κ3) is 4.64. The molecule has 1 aromatic carbocycles. The number of hydrogen-bond donors (Lipinski definition) is 2. The van der Waals surface area contributed by atoms with E-state index in [0.717, 1.165) is 0 Å². The molecule has 2 aromatic rings. The summed E-state index contributed by atoms with van der Waals surface area (Å²) < 4.78 is 10.8. The van der Waals surface area contributed by atoms with Crippen LogP contribution in [0.5, 0.6) is 5.75 Å². The number of carbonyl (C=O) groups is 1. The molecule has 1 unspecified atom stereocenters. The Kier molecular flexibility index (Phi) is 7.42. The molecule has 1 aromatic heterocycles. The van der Waals surface area contributed by atoms with Gasteiger partial charge in [0.25, 0.3) is 11.5 Å². The van der Waals surface area contributed by atoms with Crippen molar-refractivity contribution in [3.63, 3.8) is 0 Å². The van der Waals surface area contributed by atoms with Crippen LogP contribution in [-0.4, -0.2) is 61.4 Å². The Balaban J connectivity index is 1.75. The first kappa shape index (κ1) is 24.9. The van der Waals surface area contributed by atoms with E-state index in [9.17, 15) is 14.7 Å². The Morgan fingerprint density at radius 1 is 1.24 bits per heavy atom. The second-order valence-corrected chi connectivity index (χ2v) is 9.64. The molecule has 8 nitrogen and oxygen atoms in total. The maximum absolute atomic E-state index is 13.8. The molecule has 1 amide bonds. The average molecular weight is 510 g/mol. The van der Waals surface area contributed by atoms with Crippen molar-refractivity contribution in [3.05, 3.63) is 54.9 Å². The van der Waals surface area contributed by atoms with Gasteiger partial charge in [0.05, 0.1) is 46.6 Å². The van der Waals surface area contributed by atoms with Crippen LogP contribution in [0.4, 0.5) is 5.69 Å². The van der Waals surface area contributed by atoms with E-state index < -0.39 is 6.10 Å². The van der Waals surface area contributed by atoms with Crippen LogP contribution in [0.15, 0.2) is 16.9 Å². The summed E-state index contributed by atoms with van der Waals surface area (Å²) in [7, 11) is 3.33. The van der Waals surface area contributed by atoms with E-state index in [-0.39, 0.29) is 34.5 Å². The van der Waals surface area contributed by atoms with Gasteiger partial charge in [-0.3, -0.25) is 9.59 Å². The first-order valence-electron chi connectivity index (χ1n) is 11.3. The maximum Gasteiger partial charge on any atom is 0.257 e. The molecule has 4 rings (SSSR count). The zero-order chi connectivity index (χ0) is 24.6. The smallest absolute Gasteiger partial charge is 0.257 e. The van der Waals surface area contributed by atoms with Gasteiger partial charge in [0, 0.05) is 44.6 Å². The van der Waals surface area contributed by atoms with Crippen LogP contribution in [-0.2, 0) is 11.3 Å². The fourth-order valence-corrected chi connectivity index (χ4v) is 5.40. The third-order valence-electron chi connectivity index (χ3n) is 6.64. The number of nitrogens with zero attached hydrogens (tertiary/aromatic N) is 2. The number of anilines is 1. The Morgan fingerprint density at radius 2 is 1.94 bits per heavy atom. The van der Waals surface area contributed by atoms with Gasteiger partial charge >= 0.3 is 0 Å². The fraction of sp³-hybridized carbons (Fsp3) is 0.500. The molecule has 2 N–H and O–H groups in total. The van der Waals surface area contributed by atoms with E-state index in [0.29, 0.717) is 72.4 Å². The lowest BCUT2D eigenvalue weighted by molar-refractivity contribution is 0.00720. The van der Waals surface area contributed by atoms with E-state index in [2.05, 4.69) is 4.98 Å². The van der Waals surface area contributed by atoms with Crippen LogP contribution in [0.1, 0.15) is 46.1 Å². The number of halogens is 2. The number of carbonyl (C=O) groups excluding carboxylic acids is 1. The van der Waals surface area contributed by atoms with Gasteiger partial charge in [-0.25, -0.2) is 0 Å². The van der Waals surface area contributed by atoms with Gasteiger partial charge in [-0.05, 0) is 37.8 Å². The molecule has 2 aliphatic rings. The van der Waals surface area contributed by atoms with Crippen LogP contribution in [0.2, 0.25) is 10.0 Å². The van der Waals surface area contributed by atoms with Crippen molar-refractivity contribution in [1.82, 2.24) is 9.88 Å². The number of aryl methyl sites for hydroxylation is 1. The van der Waals surface area contributed by atoms with Crippen LogP contribution in [0, 0.1) is 12.8 Å². The van der Waals surface area contributed by atoms with Crippen molar-refractivity contribution in [1.29, 1.82) is 0 Å². The Morgan fingerprint density at radius 3 is 2.62 bits per heavy atom. The molecule has 2 aliphatic heterocycles. The fourth-order valence-electron chi connectivity index (χ4n) is 4.71.